The van der Waals surface area contributed by atoms with Gasteiger partial charge in [-0.2, -0.15) is 0 Å². The van der Waals surface area contributed by atoms with Crippen LogP contribution in [0.5, 0.6) is 0 Å². The van der Waals surface area contributed by atoms with E-state index in [-0.39, 0.29) is 12.0 Å². The van der Waals surface area contributed by atoms with Gasteiger partial charge >= 0.3 is 6.09 Å². The molecule has 0 saturated carbocycles. The van der Waals surface area contributed by atoms with E-state index in [4.69, 9.17) is 4.74 Å². The Hall–Kier alpha value is -2.10. The molecule has 0 atom stereocenters. The number of amides is 2. The number of carbonyl (C=O) groups excluding carboxylic acids is 2. The van der Waals surface area contributed by atoms with Crippen LogP contribution in [0, 0.1) is 6.92 Å². The molecule has 3 rings (SSSR count). The van der Waals surface area contributed by atoms with E-state index in [9.17, 15) is 9.59 Å². The molecular weight excluding hydrogens is 444 g/mol. The van der Waals surface area contributed by atoms with Crippen LogP contribution in [0.15, 0.2) is 34.5 Å². The maximum atomic E-state index is 12.8. The summed E-state index contributed by atoms with van der Waals surface area (Å²) in [5.41, 5.74) is 1.25. The van der Waals surface area contributed by atoms with Crippen molar-refractivity contribution in [3.63, 3.8) is 0 Å². The molecule has 9 heteroatoms. The standard InChI is InChI=1S/C23H32N4O3S2/c1-17-25-18(15-31-17)16-32-20-8-6-5-7-19(20)21(28)24-9-10-26-11-13-27(14-12-26)22(29)30-23(2,3)4/h5-8,15H,9-14,16H2,1-4H3,(H,24,28). The molecule has 0 unspecified atom stereocenters. The molecule has 1 N–H and O–H groups in total. The number of thioether (sulfide) groups is 1. The number of benzene rings is 1. The van der Waals surface area contributed by atoms with Gasteiger partial charge in [-0.05, 0) is 39.8 Å². The average molecular weight is 477 g/mol. The normalized spacial score (nSPS) is 14.9. The number of aromatic nitrogens is 1. The molecule has 1 fully saturated rings. The third-order valence-corrected chi connectivity index (χ3v) is 6.84. The monoisotopic (exact) mass is 476 g/mol. The van der Waals surface area contributed by atoms with E-state index in [0.717, 1.165) is 41.0 Å². The molecule has 1 aliphatic rings. The highest BCUT2D eigenvalue weighted by molar-refractivity contribution is 7.98. The summed E-state index contributed by atoms with van der Waals surface area (Å²) in [7, 11) is 0. The van der Waals surface area contributed by atoms with Gasteiger partial charge in [-0.1, -0.05) is 12.1 Å². The van der Waals surface area contributed by atoms with Gasteiger partial charge in [-0.15, -0.1) is 23.1 Å². The molecule has 32 heavy (non-hydrogen) atoms. The first-order chi connectivity index (χ1) is 15.2. The zero-order valence-electron chi connectivity index (χ0n) is 19.2. The molecular formula is C23H32N4O3S2. The number of thiazole rings is 1. The van der Waals surface area contributed by atoms with Crippen LogP contribution < -0.4 is 5.32 Å². The minimum Gasteiger partial charge on any atom is -0.444 e. The van der Waals surface area contributed by atoms with Gasteiger partial charge in [0.1, 0.15) is 5.60 Å². The van der Waals surface area contributed by atoms with Crippen molar-refractivity contribution < 1.29 is 14.3 Å². The molecule has 0 radical (unpaired) electrons. The van der Waals surface area contributed by atoms with Crippen LogP contribution in [-0.4, -0.2) is 71.7 Å². The smallest absolute Gasteiger partial charge is 0.410 e. The topological polar surface area (TPSA) is 74.8 Å². The summed E-state index contributed by atoms with van der Waals surface area (Å²) in [6, 6.07) is 7.69. The van der Waals surface area contributed by atoms with E-state index in [0.29, 0.717) is 25.2 Å². The van der Waals surface area contributed by atoms with Crippen molar-refractivity contribution >= 4 is 35.1 Å². The van der Waals surface area contributed by atoms with Crippen LogP contribution in [0.1, 0.15) is 41.8 Å². The summed E-state index contributed by atoms with van der Waals surface area (Å²) in [6.07, 6.45) is -0.257. The second-order valence-electron chi connectivity index (χ2n) is 8.71. The summed E-state index contributed by atoms with van der Waals surface area (Å²) < 4.78 is 5.44. The van der Waals surface area contributed by atoms with Gasteiger partial charge in [0.15, 0.2) is 0 Å². The SMILES string of the molecule is Cc1nc(CSc2ccccc2C(=O)NCCN2CCN(C(=O)OC(C)(C)C)CC2)cs1. The summed E-state index contributed by atoms with van der Waals surface area (Å²) >= 11 is 3.28. The predicted octanol–water partition coefficient (Wildman–Crippen LogP) is 4.03. The zero-order valence-corrected chi connectivity index (χ0v) is 20.9. The summed E-state index contributed by atoms with van der Waals surface area (Å²) in [5, 5.41) is 6.16. The van der Waals surface area contributed by atoms with Crippen LogP contribution in [-0.2, 0) is 10.5 Å². The van der Waals surface area contributed by atoms with E-state index >= 15 is 0 Å². The van der Waals surface area contributed by atoms with E-state index in [2.05, 4.69) is 20.6 Å². The fraction of sp³-hybridized carbons (Fsp3) is 0.522. The van der Waals surface area contributed by atoms with Crippen molar-refractivity contribution in [1.82, 2.24) is 20.1 Å². The predicted molar refractivity (Wildman–Crippen MR) is 129 cm³/mol. The number of ether oxygens (including phenoxy) is 1. The molecule has 7 nitrogen and oxygen atoms in total. The Kier molecular flexibility index (Phi) is 8.56. The Labute approximate surface area is 198 Å². The van der Waals surface area contributed by atoms with Gasteiger partial charge in [0.2, 0.25) is 0 Å². The fourth-order valence-electron chi connectivity index (χ4n) is 3.31. The summed E-state index contributed by atoms with van der Waals surface area (Å²) in [6.45, 7) is 11.8. The highest BCUT2D eigenvalue weighted by Gasteiger charge is 2.25. The Morgan fingerprint density at radius 3 is 2.56 bits per heavy atom. The molecule has 1 aliphatic heterocycles. The van der Waals surface area contributed by atoms with Crippen LogP contribution in [0.2, 0.25) is 0 Å². The Morgan fingerprint density at radius 1 is 1.19 bits per heavy atom. The van der Waals surface area contributed by atoms with Gasteiger partial charge in [0.05, 0.1) is 16.3 Å². The van der Waals surface area contributed by atoms with Gasteiger partial charge in [0, 0.05) is 55.3 Å². The van der Waals surface area contributed by atoms with Crippen LogP contribution >= 0.6 is 23.1 Å². The Bertz CT molecular complexity index is 918. The van der Waals surface area contributed by atoms with E-state index in [1.165, 1.54) is 0 Å². The average Bonchev–Trinajstić information content (AvgIpc) is 3.17. The molecule has 2 heterocycles. The second kappa shape index (κ2) is 11.2. The number of rotatable bonds is 7. The lowest BCUT2D eigenvalue weighted by molar-refractivity contribution is 0.0147. The third-order valence-electron chi connectivity index (χ3n) is 4.91. The highest BCUT2D eigenvalue weighted by Crippen LogP contribution is 2.26. The Balaban J connectivity index is 1.42. The van der Waals surface area contributed by atoms with Gasteiger partial charge in [-0.25, -0.2) is 9.78 Å². The Morgan fingerprint density at radius 2 is 1.91 bits per heavy atom. The molecule has 2 aromatic rings. The van der Waals surface area contributed by atoms with Crippen LogP contribution in [0.25, 0.3) is 0 Å². The van der Waals surface area contributed by atoms with Crippen molar-refractivity contribution in [2.75, 3.05) is 39.3 Å². The van der Waals surface area contributed by atoms with Crippen molar-refractivity contribution in [3.8, 4) is 0 Å². The summed E-state index contributed by atoms with van der Waals surface area (Å²) in [4.78, 5) is 34.4. The van der Waals surface area contributed by atoms with E-state index in [1.54, 1.807) is 28.0 Å². The quantitative estimate of drug-likeness (QED) is 0.609. The first-order valence-corrected chi connectivity index (χ1v) is 12.7. The van der Waals surface area contributed by atoms with Crippen molar-refractivity contribution in [3.05, 3.63) is 45.9 Å². The minimum absolute atomic E-state index is 0.0602. The van der Waals surface area contributed by atoms with Crippen LogP contribution in [0.3, 0.4) is 0 Å². The first-order valence-electron chi connectivity index (χ1n) is 10.8. The number of hydrogen-bond donors (Lipinski definition) is 1. The molecule has 2 amide bonds. The molecule has 1 aromatic heterocycles. The molecule has 0 spiro atoms. The third kappa shape index (κ3) is 7.50. The minimum atomic E-state index is -0.480. The number of carbonyl (C=O) groups is 2. The van der Waals surface area contributed by atoms with Crippen molar-refractivity contribution in [2.45, 2.75) is 43.9 Å². The van der Waals surface area contributed by atoms with Gasteiger partial charge in [-0.3, -0.25) is 9.69 Å². The molecule has 0 bridgehead atoms. The van der Waals surface area contributed by atoms with Crippen LogP contribution in [0.4, 0.5) is 4.79 Å². The molecule has 1 aromatic carbocycles. The maximum Gasteiger partial charge on any atom is 0.410 e. The molecule has 0 aliphatic carbocycles. The molecule has 1 saturated heterocycles. The largest absolute Gasteiger partial charge is 0.444 e. The van der Waals surface area contributed by atoms with Crippen molar-refractivity contribution in [2.24, 2.45) is 0 Å². The number of piperazine rings is 1. The number of nitrogens with one attached hydrogen (secondary N) is 1. The lowest BCUT2D eigenvalue weighted by Gasteiger charge is -2.35. The maximum absolute atomic E-state index is 12.8. The van der Waals surface area contributed by atoms with E-state index < -0.39 is 5.60 Å². The lowest BCUT2D eigenvalue weighted by Crippen LogP contribution is -2.51. The van der Waals surface area contributed by atoms with E-state index in [1.807, 2.05) is 52.0 Å². The number of hydrogen-bond acceptors (Lipinski definition) is 7. The molecule has 174 valence electrons. The highest BCUT2D eigenvalue weighted by atomic mass is 32.2. The zero-order chi connectivity index (χ0) is 23.1. The number of aryl methyl sites for hydroxylation is 1. The second-order valence-corrected chi connectivity index (χ2v) is 10.8. The first kappa shape index (κ1) is 24.5. The number of nitrogens with zero attached hydrogens (tertiary/aromatic N) is 3. The lowest BCUT2D eigenvalue weighted by atomic mass is 10.2. The fourth-order valence-corrected chi connectivity index (χ4v) is 4.97. The van der Waals surface area contributed by atoms with Gasteiger partial charge < -0.3 is 15.0 Å². The van der Waals surface area contributed by atoms with Gasteiger partial charge in [0.25, 0.3) is 5.91 Å². The van der Waals surface area contributed by atoms with Crippen molar-refractivity contribution in [1.29, 1.82) is 0 Å². The summed E-state index contributed by atoms with van der Waals surface area (Å²) in [5.74, 6) is 0.686.